The fourth-order valence-corrected chi connectivity index (χ4v) is 2.14. The van der Waals surface area contributed by atoms with E-state index < -0.39 is 23.1 Å². The Morgan fingerprint density at radius 1 is 1.10 bits per heavy atom. The van der Waals surface area contributed by atoms with Gasteiger partial charge in [-0.15, -0.1) is 0 Å². The lowest BCUT2D eigenvalue weighted by Crippen LogP contribution is -2.05. The van der Waals surface area contributed by atoms with E-state index in [0.29, 0.717) is 11.5 Å². The van der Waals surface area contributed by atoms with E-state index in [1.165, 1.54) is 0 Å². The van der Waals surface area contributed by atoms with E-state index in [0.717, 1.165) is 24.1 Å². The average Bonchev–Trinajstić information content (AvgIpc) is 2.42. The van der Waals surface area contributed by atoms with Gasteiger partial charge >= 0.3 is 0 Å². The van der Waals surface area contributed by atoms with Crippen molar-refractivity contribution >= 4 is 5.78 Å². The van der Waals surface area contributed by atoms with Crippen LogP contribution in [0, 0.1) is 11.7 Å². The standard InChI is InChI=1S/C17H17FO3/c1-10(2)7-11-3-5-12(6-4-11)17(21)13-8-15(19)16(20)9-14(13)18/h3-6,8-10,19-20H,7H2,1-2H3. The molecule has 2 rings (SSSR count). The van der Waals surface area contributed by atoms with E-state index in [1.54, 1.807) is 12.1 Å². The Morgan fingerprint density at radius 2 is 1.67 bits per heavy atom. The van der Waals surface area contributed by atoms with E-state index in [-0.39, 0.29) is 5.56 Å². The second-order valence-corrected chi connectivity index (χ2v) is 5.44. The maximum absolute atomic E-state index is 13.7. The van der Waals surface area contributed by atoms with Crippen molar-refractivity contribution in [2.45, 2.75) is 20.3 Å². The van der Waals surface area contributed by atoms with Crippen molar-refractivity contribution in [1.82, 2.24) is 0 Å². The zero-order valence-corrected chi connectivity index (χ0v) is 11.9. The number of benzene rings is 2. The highest BCUT2D eigenvalue weighted by Crippen LogP contribution is 2.28. The van der Waals surface area contributed by atoms with Crippen LogP contribution in [0.2, 0.25) is 0 Å². The average molecular weight is 288 g/mol. The van der Waals surface area contributed by atoms with Gasteiger partial charge < -0.3 is 10.2 Å². The summed E-state index contributed by atoms with van der Waals surface area (Å²) in [5.74, 6) is -1.98. The Balaban J connectivity index is 2.30. The van der Waals surface area contributed by atoms with E-state index in [4.69, 9.17) is 0 Å². The highest BCUT2D eigenvalue weighted by atomic mass is 19.1. The summed E-state index contributed by atoms with van der Waals surface area (Å²) in [6.45, 7) is 4.21. The van der Waals surface area contributed by atoms with Gasteiger partial charge in [0.2, 0.25) is 0 Å². The number of carbonyl (C=O) groups is 1. The van der Waals surface area contributed by atoms with Gasteiger partial charge in [-0.2, -0.15) is 0 Å². The number of ketones is 1. The minimum Gasteiger partial charge on any atom is -0.504 e. The van der Waals surface area contributed by atoms with E-state index >= 15 is 0 Å². The summed E-state index contributed by atoms with van der Waals surface area (Å²) in [4.78, 5) is 12.2. The van der Waals surface area contributed by atoms with Crippen LogP contribution in [0.15, 0.2) is 36.4 Å². The molecule has 2 N–H and O–H groups in total. The van der Waals surface area contributed by atoms with Crippen LogP contribution in [0.1, 0.15) is 35.3 Å². The highest BCUT2D eigenvalue weighted by Gasteiger charge is 2.17. The third-order valence-electron chi connectivity index (χ3n) is 3.17. The molecule has 0 aromatic heterocycles. The lowest BCUT2D eigenvalue weighted by atomic mass is 9.98. The number of hydrogen-bond donors (Lipinski definition) is 2. The van der Waals surface area contributed by atoms with Gasteiger partial charge in [0.05, 0.1) is 5.56 Å². The number of carbonyl (C=O) groups excluding carboxylic acids is 1. The molecule has 0 heterocycles. The van der Waals surface area contributed by atoms with Crippen molar-refractivity contribution in [3.8, 4) is 11.5 Å². The van der Waals surface area contributed by atoms with Gasteiger partial charge in [0.15, 0.2) is 17.3 Å². The molecule has 4 heteroatoms. The first kappa shape index (κ1) is 15.0. The maximum Gasteiger partial charge on any atom is 0.196 e. The van der Waals surface area contributed by atoms with E-state index in [1.807, 2.05) is 12.1 Å². The molecule has 0 fully saturated rings. The summed E-state index contributed by atoms with van der Waals surface area (Å²) in [5, 5.41) is 18.6. The van der Waals surface area contributed by atoms with Crippen LogP contribution in [0.4, 0.5) is 4.39 Å². The van der Waals surface area contributed by atoms with Gasteiger partial charge in [-0.3, -0.25) is 4.79 Å². The van der Waals surface area contributed by atoms with Crippen molar-refractivity contribution in [2.24, 2.45) is 5.92 Å². The first-order valence-electron chi connectivity index (χ1n) is 6.73. The molecular formula is C17H17FO3. The lowest BCUT2D eigenvalue weighted by Gasteiger charge is -2.07. The Hall–Kier alpha value is -2.36. The van der Waals surface area contributed by atoms with Crippen molar-refractivity contribution in [3.05, 3.63) is 58.9 Å². The minimum atomic E-state index is -0.860. The van der Waals surface area contributed by atoms with Gasteiger partial charge in [0.1, 0.15) is 5.82 Å². The Kier molecular flexibility index (Phi) is 4.26. The summed E-state index contributed by atoms with van der Waals surface area (Å²) in [6, 6.07) is 8.63. The second-order valence-electron chi connectivity index (χ2n) is 5.44. The first-order valence-corrected chi connectivity index (χ1v) is 6.73. The monoisotopic (exact) mass is 288 g/mol. The molecule has 0 saturated heterocycles. The predicted molar refractivity (Wildman–Crippen MR) is 78.1 cm³/mol. The number of halogens is 1. The van der Waals surface area contributed by atoms with Crippen LogP contribution in [-0.4, -0.2) is 16.0 Å². The van der Waals surface area contributed by atoms with Crippen LogP contribution in [0.5, 0.6) is 11.5 Å². The quantitative estimate of drug-likeness (QED) is 0.666. The predicted octanol–water partition coefficient (Wildman–Crippen LogP) is 3.67. The van der Waals surface area contributed by atoms with Crippen LogP contribution in [0.25, 0.3) is 0 Å². The third-order valence-corrected chi connectivity index (χ3v) is 3.17. The zero-order valence-electron chi connectivity index (χ0n) is 11.9. The first-order chi connectivity index (χ1) is 9.88. The third kappa shape index (κ3) is 3.40. The topological polar surface area (TPSA) is 57.5 Å². The molecule has 21 heavy (non-hydrogen) atoms. The molecule has 2 aromatic rings. The molecular weight excluding hydrogens is 271 g/mol. The maximum atomic E-state index is 13.7. The fraction of sp³-hybridized carbons (Fsp3) is 0.235. The summed E-state index contributed by atoms with van der Waals surface area (Å²) in [5.41, 5.74) is 1.18. The molecule has 2 aromatic carbocycles. The summed E-state index contributed by atoms with van der Waals surface area (Å²) < 4.78 is 13.7. The van der Waals surface area contributed by atoms with Gasteiger partial charge in [-0.05, 0) is 24.0 Å². The molecule has 0 unspecified atom stereocenters. The van der Waals surface area contributed by atoms with Crippen LogP contribution in [0.3, 0.4) is 0 Å². The van der Waals surface area contributed by atoms with E-state index in [2.05, 4.69) is 13.8 Å². The number of hydrogen-bond acceptors (Lipinski definition) is 3. The second kappa shape index (κ2) is 5.95. The minimum absolute atomic E-state index is 0.262. The number of rotatable bonds is 4. The van der Waals surface area contributed by atoms with Crippen molar-refractivity contribution in [2.75, 3.05) is 0 Å². The molecule has 0 saturated carbocycles. The van der Waals surface area contributed by atoms with Gasteiger partial charge in [0.25, 0.3) is 0 Å². The molecule has 0 amide bonds. The number of aromatic hydroxyl groups is 2. The number of phenols is 2. The van der Waals surface area contributed by atoms with E-state index in [9.17, 15) is 19.4 Å². The molecule has 0 bridgehead atoms. The van der Waals surface area contributed by atoms with Gasteiger partial charge in [-0.25, -0.2) is 4.39 Å². The molecule has 0 aliphatic heterocycles. The lowest BCUT2D eigenvalue weighted by molar-refractivity contribution is 0.103. The van der Waals surface area contributed by atoms with Crippen molar-refractivity contribution < 1.29 is 19.4 Å². The van der Waals surface area contributed by atoms with Crippen molar-refractivity contribution in [3.63, 3.8) is 0 Å². The molecule has 0 spiro atoms. The molecule has 0 atom stereocenters. The zero-order chi connectivity index (χ0) is 15.6. The highest BCUT2D eigenvalue weighted by molar-refractivity contribution is 6.09. The molecule has 3 nitrogen and oxygen atoms in total. The normalized spacial score (nSPS) is 10.9. The van der Waals surface area contributed by atoms with Crippen LogP contribution in [-0.2, 0) is 6.42 Å². The molecule has 0 radical (unpaired) electrons. The van der Waals surface area contributed by atoms with Crippen LogP contribution >= 0.6 is 0 Å². The largest absolute Gasteiger partial charge is 0.504 e. The summed E-state index contributed by atoms with van der Waals surface area (Å²) >= 11 is 0. The van der Waals surface area contributed by atoms with Crippen LogP contribution < -0.4 is 0 Å². The summed E-state index contributed by atoms with van der Waals surface area (Å²) in [7, 11) is 0. The SMILES string of the molecule is CC(C)Cc1ccc(C(=O)c2cc(O)c(O)cc2F)cc1. The Morgan fingerprint density at radius 3 is 2.24 bits per heavy atom. The number of phenolic OH excluding ortho intramolecular Hbond substituents is 2. The Bertz CT molecular complexity index is 660. The Labute approximate surface area is 122 Å². The molecule has 0 aliphatic carbocycles. The van der Waals surface area contributed by atoms with Gasteiger partial charge in [-0.1, -0.05) is 38.1 Å². The van der Waals surface area contributed by atoms with Gasteiger partial charge in [0, 0.05) is 11.6 Å². The smallest absolute Gasteiger partial charge is 0.196 e. The molecule has 110 valence electrons. The molecule has 0 aliphatic rings. The fourth-order valence-electron chi connectivity index (χ4n) is 2.14. The summed E-state index contributed by atoms with van der Waals surface area (Å²) in [6.07, 6.45) is 0.906. The van der Waals surface area contributed by atoms with Crippen molar-refractivity contribution in [1.29, 1.82) is 0 Å².